The quantitative estimate of drug-likeness (QED) is 0.371. The topological polar surface area (TPSA) is 78.5 Å². The molecule has 6 nitrogen and oxygen atoms in total. The van der Waals surface area contributed by atoms with Gasteiger partial charge in [0.1, 0.15) is 12.2 Å². The van der Waals surface area contributed by atoms with E-state index in [-0.39, 0.29) is 12.2 Å². The number of halogens is 1. The lowest BCUT2D eigenvalue weighted by Crippen LogP contribution is -2.38. The Morgan fingerprint density at radius 3 is 2.58 bits per heavy atom. The molecular formula is C25H20ClN3O3S. The lowest BCUT2D eigenvalue weighted by Gasteiger charge is -2.12. The molecule has 0 bridgehead atoms. The van der Waals surface area contributed by atoms with Gasteiger partial charge in [-0.15, -0.1) is 0 Å². The number of benzene rings is 3. The molecule has 3 aromatic carbocycles. The molecule has 0 atom stereocenters. The van der Waals surface area contributed by atoms with Crippen molar-refractivity contribution in [3.05, 3.63) is 94.6 Å². The number of imide groups is 1. The Morgan fingerprint density at radius 2 is 1.82 bits per heavy atom. The van der Waals surface area contributed by atoms with Crippen LogP contribution in [-0.2, 0) is 9.59 Å². The third-order valence-electron chi connectivity index (χ3n) is 4.83. The molecular weight excluding hydrogens is 458 g/mol. The van der Waals surface area contributed by atoms with Gasteiger partial charge >= 0.3 is 6.03 Å². The smallest absolute Gasteiger partial charge is 0.325 e. The molecule has 33 heavy (non-hydrogen) atoms. The van der Waals surface area contributed by atoms with Gasteiger partial charge in [0.15, 0.2) is 0 Å². The minimum absolute atomic E-state index is 0.118. The van der Waals surface area contributed by atoms with Gasteiger partial charge in [0, 0.05) is 20.5 Å². The molecule has 2 N–H and O–H groups in total. The second kappa shape index (κ2) is 9.94. The second-order valence-electron chi connectivity index (χ2n) is 7.39. The zero-order chi connectivity index (χ0) is 23.4. The molecule has 0 aromatic heterocycles. The maximum Gasteiger partial charge on any atom is 0.329 e. The Morgan fingerprint density at radius 1 is 1.06 bits per heavy atom. The third-order valence-corrected chi connectivity index (χ3v) is 6.18. The summed E-state index contributed by atoms with van der Waals surface area (Å²) < 4.78 is 0. The molecule has 1 aliphatic heterocycles. The summed E-state index contributed by atoms with van der Waals surface area (Å²) in [6, 6.07) is 21.6. The minimum atomic E-state index is -0.631. The maximum absolute atomic E-state index is 12.8. The number of hydrogen-bond donors (Lipinski definition) is 2. The summed E-state index contributed by atoms with van der Waals surface area (Å²) in [4.78, 5) is 40.4. The van der Waals surface area contributed by atoms with Gasteiger partial charge in [-0.2, -0.15) is 0 Å². The summed E-state index contributed by atoms with van der Waals surface area (Å²) in [7, 11) is 0. The van der Waals surface area contributed by atoms with E-state index >= 15 is 0 Å². The number of carbonyl (C=O) groups is 3. The van der Waals surface area contributed by atoms with Crippen molar-refractivity contribution >= 4 is 53.0 Å². The van der Waals surface area contributed by atoms with E-state index in [0.29, 0.717) is 10.7 Å². The highest BCUT2D eigenvalue weighted by Crippen LogP contribution is 2.32. The van der Waals surface area contributed by atoms with E-state index in [9.17, 15) is 14.4 Å². The van der Waals surface area contributed by atoms with Crippen molar-refractivity contribution in [3.63, 3.8) is 0 Å². The van der Waals surface area contributed by atoms with Crippen LogP contribution in [0.3, 0.4) is 0 Å². The minimum Gasteiger partial charge on any atom is -0.325 e. The fourth-order valence-electron chi connectivity index (χ4n) is 3.26. The van der Waals surface area contributed by atoms with Crippen LogP contribution in [0, 0.1) is 6.92 Å². The Labute approximate surface area is 200 Å². The molecule has 0 saturated carbocycles. The van der Waals surface area contributed by atoms with E-state index < -0.39 is 17.8 Å². The number of anilines is 1. The average Bonchev–Trinajstić information content (AvgIpc) is 3.04. The van der Waals surface area contributed by atoms with E-state index in [4.69, 9.17) is 11.6 Å². The highest BCUT2D eigenvalue weighted by atomic mass is 35.5. The van der Waals surface area contributed by atoms with Crippen LogP contribution in [0.4, 0.5) is 10.5 Å². The Balaban J connectivity index is 1.49. The molecule has 1 heterocycles. The fourth-order valence-corrected chi connectivity index (χ4v) is 4.30. The van der Waals surface area contributed by atoms with Crippen molar-refractivity contribution in [3.8, 4) is 0 Å². The Kier molecular flexibility index (Phi) is 6.82. The summed E-state index contributed by atoms with van der Waals surface area (Å²) >= 11 is 7.48. The van der Waals surface area contributed by atoms with E-state index in [1.54, 1.807) is 12.1 Å². The predicted octanol–water partition coefficient (Wildman–Crippen LogP) is 5.33. The van der Waals surface area contributed by atoms with Gasteiger partial charge in [-0.1, -0.05) is 53.7 Å². The molecule has 3 aromatic rings. The maximum atomic E-state index is 12.8. The van der Waals surface area contributed by atoms with Gasteiger partial charge in [-0.3, -0.25) is 9.59 Å². The number of hydrogen-bond acceptors (Lipinski definition) is 4. The summed E-state index contributed by atoms with van der Waals surface area (Å²) in [5, 5.41) is 5.93. The first kappa shape index (κ1) is 22.6. The second-order valence-corrected chi connectivity index (χ2v) is 8.94. The van der Waals surface area contributed by atoms with Gasteiger partial charge in [0.25, 0.3) is 5.91 Å². The van der Waals surface area contributed by atoms with Crippen LogP contribution in [0.15, 0.2) is 88.3 Å². The normalized spacial score (nSPS) is 14.5. The van der Waals surface area contributed by atoms with Gasteiger partial charge in [-0.05, 0) is 66.6 Å². The highest BCUT2D eigenvalue weighted by Gasteiger charge is 2.35. The van der Waals surface area contributed by atoms with Crippen LogP contribution >= 0.6 is 23.4 Å². The van der Waals surface area contributed by atoms with Crippen LogP contribution < -0.4 is 10.6 Å². The van der Waals surface area contributed by atoms with E-state index in [2.05, 4.69) is 10.6 Å². The zero-order valence-electron chi connectivity index (χ0n) is 17.7. The lowest BCUT2D eigenvalue weighted by atomic mass is 10.2. The number of nitrogens with zero attached hydrogens (tertiary/aromatic N) is 1. The Hall–Kier alpha value is -3.55. The van der Waals surface area contributed by atoms with Crippen LogP contribution in [0.5, 0.6) is 0 Å². The van der Waals surface area contributed by atoms with Gasteiger partial charge in [0.05, 0.1) is 0 Å². The molecule has 0 spiro atoms. The van der Waals surface area contributed by atoms with Gasteiger partial charge in [0.2, 0.25) is 5.91 Å². The van der Waals surface area contributed by atoms with Crippen LogP contribution in [-0.4, -0.2) is 29.3 Å². The summed E-state index contributed by atoms with van der Waals surface area (Å²) in [6.07, 6.45) is 1.62. The van der Waals surface area contributed by atoms with Crippen molar-refractivity contribution in [2.45, 2.75) is 16.7 Å². The van der Waals surface area contributed by atoms with Crippen LogP contribution in [0.25, 0.3) is 6.08 Å². The average molecular weight is 478 g/mol. The van der Waals surface area contributed by atoms with E-state index in [0.717, 1.165) is 25.8 Å². The number of urea groups is 1. The fraction of sp³-hybridized carbons (Fsp3) is 0.0800. The number of rotatable bonds is 6. The molecule has 8 heteroatoms. The molecule has 4 amide bonds. The molecule has 0 unspecified atom stereocenters. The molecule has 1 fully saturated rings. The lowest BCUT2D eigenvalue weighted by molar-refractivity contribution is -0.127. The molecule has 0 aliphatic carbocycles. The van der Waals surface area contributed by atoms with Gasteiger partial charge in [-0.25, -0.2) is 9.69 Å². The monoisotopic (exact) mass is 477 g/mol. The van der Waals surface area contributed by atoms with Crippen LogP contribution in [0.2, 0.25) is 5.02 Å². The number of carbonyl (C=O) groups excluding carboxylic acids is 3. The van der Waals surface area contributed by atoms with Crippen molar-refractivity contribution in [1.29, 1.82) is 0 Å². The SMILES string of the molecule is Cc1cccc(NC(=O)CN2C(=O)N/C(=C\c3ccccc3Sc3ccc(Cl)cc3)C2=O)c1. The molecule has 166 valence electrons. The summed E-state index contributed by atoms with van der Waals surface area (Å²) in [6.45, 7) is 1.53. The van der Waals surface area contributed by atoms with Gasteiger partial charge < -0.3 is 10.6 Å². The highest BCUT2D eigenvalue weighted by molar-refractivity contribution is 7.99. The summed E-state index contributed by atoms with van der Waals surface area (Å²) in [5.41, 5.74) is 2.48. The summed E-state index contributed by atoms with van der Waals surface area (Å²) in [5.74, 6) is -1.00. The third kappa shape index (κ3) is 5.63. The van der Waals surface area contributed by atoms with Crippen molar-refractivity contribution < 1.29 is 14.4 Å². The van der Waals surface area contributed by atoms with Crippen molar-refractivity contribution in [2.24, 2.45) is 0 Å². The first-order chi connectivity index (χ1) is 15.9. The molecule has 1 aliphatic rings. The standard InChI is InChI=1S/C25H20ClN3O3S/c1-16-5-4-7-19(13-16)27-23(30)15-29-24(31)21(28-25(29)32)14-17-6-2-3-8-22(17)33-20-11-9-18(26)10-12-20/h2-14H,15H2,1H3,(H,27,30)(H,28,32)/b21-14-. The van der Waals surface area contributed by atoms with Crippen molar-refractivity contribution in [2.75, 3.05) is 11.9 Å². The van der Waals surface area contributed by atoms with E-state index in [1.165, 1.54) is 11.8 Å². The molecule has 1 saturated heterocycles. The van der Waals surface area contributed by atoms with E-state index in [1.807, 2.05) is 73.7 Å². The number of nitrogens with one attached hydrogen (secondary N) is 2. The Bertz CT molecular complexity index is 1260. The first-order valence-corrected chi connectivity index (χ1v) is 11.3. The number of aryl methyl sites for hydroxylation is 1. The molecule has 0 radical (unpaired) electrons. The zero-order valence-corrected chi connectivity index (χ0v) is 19.2. The number of amides is 4. The largest absolute Gasteiger partial charge is 0.329 e. The predicted molar refractivity (Wildman–Crippen MR) is 130 cm³/mol. The van der Waals surface area contributed by atoms with Crippen molar-refractivity contribution in [1.82, 2.24) is 10.2 Å². The van der Waals surface area contributed by atoms with Crippen LogP contribution in [0.1, 0.15) is 11.1 Å². The molecule has 4 rings (SSSR count). The first-order valence-electron chi connectivity index (χ1n) is 10.1.